The largest absolute Gasteiger partial charge is 0.508 e. The molecule has 7 nitrogen and oxygen atoms in total. The van der Waals surface area contributed by atoms with Crippen molar-refractivity contribution in [3.8, 4) is 5.75 Å². The van der Waals surface area contributed by atoms with Gasteiger partial charge in [-0.25, -0.2) is 0 Å². The fourth-order valence-electron chi connectivity index (χ4n) is 4.49. The van der Waals surface area contributed by atoms with E-state index in [2.05, 4.69) is 0 Å². The van der Waals surface area contributed by atoms with E-state index in [0.717, 1.165) is 0 Å². The number of ketones is 4. The van der Waals surface area contributed by atoms with Gasteiger partial charge >= 0.3 is 0 Å². The lowest BCUT2D eigenvalue weighted by Crippen LogP contribution is -2.33. The number of para-hydroxylation sites is 1. The molecule has 3 N–H and O–H groups in total. The first-order valence-electron chi connectivity index (χ1n) is 10.3. The van der Waals surface area contributed by atoms with Gasteiger partial charge in [0.1, 0.15) is 17.3 Å². The molecule has 0 aliphatic heterocycles. The van der Waals surface area contributed by atoms with Crippen molar-refractivity contribution in [3.05, 3.63) is 112 Å². The molecule has 34 heavy (non-hydrogen) atoms. The number of hydrogen-bond donors (Lipinski definition) is 3. The number of rotatable bonds is 3. The molecule has 5 rings (SSSR count). The predicted octanol–water partition coefficient (Wildman–Crippen LogP) is 3.95. The quantitative estimate of drug-likeness (QED) is 0.513. The smallest absolute Gasteiger partial charge is 0.234 e. The topological polar surface area (TPSA) is 129 Å². The lowest BCUT2D eigenvalue weighted by atomic mass is 9.72. The second-order valence-electron chi connectivity index (χ2n) is 7.92. The molecule has 166 valence electrons. The summed E-state index contributed by atoms with van der Waals surface area (Å²) in [6.45, 7) is 0. The van der Waals surface area contributed by atoms with E-state index in [-0.39, 0.29) is 33.6 Å². The van der Waals surface area contributed by atoms with Crippen LogP contribution in [0.4, 0.5) is 0 Å². The highest BCUT2D eigenvalue weighted by atomic mass is 16.3. The third-order valence-electron chi connectivity index (χ3n) is 6.09. The molecule has 0 fully saturated rings. The van der Waals surface area contributed by atoms with E-state index in [1.165, 1.54) is 60.7 Å². The number of phenols is 1. The van der Waals surface area contributed by atoms with E-state index in [0.29, 0.717) is 0 Å². The molecule has 0 heterocycles. The van der Waals surface area contributed by atoms with Crippen LogP contribution in [0.1, 0.15) is 43.3 Å². The summed E-state index contributed by atoms with van der Waals surface area (Å²) in [5, 5.41) is 32.9. The molecule has 0 spiro atoms. The van der Waals surface area contributed by atoms with E-state index >= 15 is 0 Å². The van der Waals surface area contributed by atoms with Gasteiger partial charge in [-0.1, -0.05) is 66.7 Å². The van der Waals surface area contributed by atoms with Crippen LogP contribution in [0.3, 0.4) is 0 Å². The summed E-state index contributed by atoms with van der Waals surface area (Å²) < 4.78 is 0. The van der Waals surface area contributed by atoms with Gasteiger partial charge in [0.2, 0.25) is 23.1 Å². The highest BCUT2D eigenvalue weighted by Gasteiger charge is 2.45. The van der Waals surface area contributed by atoms with Gasteiger partial charge in [-0.2, -0.15) is 0 Å². The Morgan fingerprint density at radius 1 is 0.471 bits per heavy atom. The molecule has 0 bridgehead atoms. The highest BCUT2D eigenvalue weighted by molar-refractivity contribution is 6.55. The molecule has 0 aromatic heterocycles. The number of carbonyl (C=O) groups is 4. The van der Waals surface area contributed by atoms with Crippen molar-refractivity contribution < 1.29 is 34.5 Å². The van der Waals surface area contributed by atoms with Gasteiger partial charge in [0.25, 0.3) is 0 Å². The second-order valence-corrected chi connectivity index (χ2v) is 7.92. The van der Waals surface area contributed by atoms with Crippen molar-refractivity contribution >= 4 is 34.7 Å². The SMILES string of the molecule is O=C1C(=O)c2ccccc2C(O)=C1C(C1=C(O)c2ccccc2C(=O)C1=O)c1ccccc1O. The Morgan fingerprint density at radius 3 is 1.29 bits per heavy atom. The van der Waals surface area contributed by atoms with Gasteiger partial charge < -0.3 is 15.3 Å². The number of carbonyl (C=O) groups excluding carboxylic acids is 4. The summed E-state index contributed by atoms with van der Waals surface area (Å²) >= 11 is 0. The summed E-state index contributed by atoms with van der Waals surface area (Å²) in [6.07, 6.45) is 0. The number of hydrogen-bond acceptors (Lipinski definition) is 7. The molecule has 0 saturated carbocycles. The van der Waals surface area contributed by atoms with E-state index < -0.39 is 51.7 Å². The summed E-state index contributed by atoms with van der Waals surface area (Å²) in [6, 6.07) is 17.6. The number of fused-ring (bicyclic) bond motifs is 2. The third-order valence-corrected chi connectivity index (χ3v) is 6.09. The zero-order chi connectivity index (χ0) is 24.1. The Hall–Kier alpha value is -4.78. The van der Waals surface area contributed by atoms with Gasteiger partial charge in [-0.3, -0.25) is 19.2 Å². The highest BCUT2D eigenvalue weighted by Crippen LogP contribution is 2.46. The Bertz CT molecular complexity index is 1420. The first-order valence-corrected chi connectivity index (χ1v) is 10.3. The monoisotopic (exact) mass is 452 g/mol. The van der Waals surface area contributed by atoms with Crippen LogP contribution < -0.4 is 0 Å². The van der Waals surface area contributed by atoms with Crippen molar-refractivity contribution in [3.63, 3.8) is 0 Å². The second kappa shape index (κ2) is 7.67. The van der Waals surface area contributed by atoms with Gasteiger partial charge in [0.15, 0.2) is 0 Å². The van der Waals surface area contributed by atoms with Crippen molar-refractivity contribution in [1.29, 1.82) is 0 Å². The molecule has 0 radical (unpaired) electrons. The van der Waals surface area contributed by atoms with Gasteiger partial charge in [0, 0.05) is 27.8 Å². The maximum Gasteiger partial charge on any atom is 0.234 e. The molecule has 3 aromatic carbocycles. The minimum Gasteiger partial charge on any atom is -0.508 e. The molecule has 2 aliphatic carbocycles. The van der Waals surface area contributed by atoms with Crippen LogP contribution in [0.15, 0.2) is 83.9 Å². The van der Waals surface area contributed by atoms with Gasteiger partial charge in [-0.05, 0) is 6.07 Å². The van der Waals surface area contributed by atoms with Crippen LogP contribution in [-0.4, -0.2) is 38.5 Å². The molecule has 0 amide bonds. The average Bonchev–Trinajstić information content (AvgIpc) is 2.85. The maximum atomic E-state index is 13.3. The summed E-state index contributed by atoms with van der Waals surface area (Å²) in [5.41, 5.74) is -0.944. The number of aliphatic hydroxyl groups excluding tert-OH is 2. The van der Waals surface area contributed by atoms with Crippen LogP contribution in [0.5, 0.6) is 5.75 Å². The Labute approximate surface area is 192 Å². The number of aliphatic hydroxyl groups is 2. The number of allylic oxidation sites excluding steroid dienone is 2. The first-order chi connectivity index (χ1) is 16.3. The number of benzene rings is 3. The minimum absolute atomic E-state index is 0.0145. The molecule has 7 heteroatoms. The van der Waals surface area contributed by atoms with Gasteiger partial charge in [0.05, 0.1) is 17.1 Å². The van der Waals surface area contributed by atoms with Crippen molar-refractivity contribution in [2.24, 2.45) is 0 Å². The fourth-order valence-corrected chi connectivity index (χ4v) is 4.49. The standard InChI is InChI=1S/C27H16O7/c28-18-12-6-5-11-17(18)19(20-22(29)13-7-1-3-9-15(13)24(31)26(20)33)21-23(30)14-8-2-4-10-16(14)25(32)27(21)34/h1-12,19,28-30H. The molecule has 3 aromatic rings. The average molecular weight is 452 g/mol. The van der Waals surface area contributed by atoms with Crippen LogP contribution in [0.25, 0.3) is 11.5 Å². The van der Waals surface area contributed by atoms with Gasteiger partial charge in [-0.15, -0.1) is 0 Å². The van der Waals surface area contributed by atoms with Crippen LogP contribution in [0, 0.1) is 0 Å². The van der Waals surface area contributed by atoms with E-state index in [1.807, 2.05) is 0 Å². The zero-order valence-electron chi connectivity index (χ0n) is 17.5. The van der Waals surface area contributed by atoms with E-state index in [9.17, 15) is 34.5 Å². The maximum absolute atomic E-state index is 13.3. The summed E-state index contributed by atoms with van der Waals surface area (Å²) in [5.74, 6) is -7.15. The molecule has 0 atom stereocenters. The van der Waals surface area contributed by atoms with E-state index in [1.54, 1.807) is 12.1 Å². The van der Waals surface area contributed by atoms with Crippen LogP contribution in [0.2, 0.25) is 0 Å². The summed E-state index contributed by atoms with van der Waals surface area (Å²) in [7, 11) is 0. The van der Waals surface area contributed by atoms with Crippen molar-refractivity contribution in [2.75, 3.05) is 0 Å². The Balaban J connectivity index is 1.88. The minimum atomic E-state index is -1.59. The number of Topliss-reactive ketones (excluding diaryl/α,β-unsaturated/α-hetero) is 4. The van der Waals surface area contributed by atoms with Crippen molar-refractivity contribution in [1.82, 2.24) is 0 Å². The zero-order valence-corrected chi connectivity index (χ0v) is 17.5. The molecule has 0 saturated heterocycles. The molecular weight excluding hydrogens is 436 g/mol. The molecule has 2 aliphatic rings. The predicted molar refractivity (Wildman–Crippen MR) is 122 cm³/mol. The third kappa shape index (κ3) is 2.91. The molecule has 0 unspecified atom stereocenters. The van der Waals surface area contributed by atoms with Crippen LogP contribution in [-0.2, 0) is 9.59 Å². The van der Waals surface area contributed by atoms with E-state index in [4.69, 9.17) is 0 Å². The fraction of sp³-hybridized carbons (Fsp3) is 0.0370. The number of aromatic hydroxyl groups is 1. The Kier molecular flexibility index (Phi) is 4.76. The Morgan fingerprint density at radius 2 is 0.853 bits per heavy atom. The normalized spacial score (nSPS) is 15.7. The summed E-state index contributed by atoms with van der Waals surface area (Å²) in [4.78, 5) is 52.3. The number of phenolic OH excluding ortho intramolecular Hbond substituents is 1. The van der Waals surface area contributed by atoms with Crippen molar-refractivity contribution in [2.45, 2.75) is 5.92 Å². The first kappa shape index (κ1) is 21.1. The lowest BCUT2D eigenvalue weighted by molar-refractivity contribution is -0.112. The lowest BCUT2D eigenvalue weighted by Gasteiger charge is -2.29. The molecular formula is C27H16O7. The van der Waals surface area contributed by atoms with Crippen LogP contribution >= 0.6 is 0 Å².